The average Bonchev–Trinajstić information content (AvgIpc) is 3.30. The molecule has 3 aromatic rings. The van der Waals surface area contributed by atoms with Gasteiger partial charge in [0, 0.05) is 34.9 Å². The molecule has 220 valence electrons. The number of ether oxygens (including phenoxy) is 2. The van der Waals surface area contributed by atoms with Crippen molar-refractivity contribution in [3.05, 3.63) is 40.3 Å². The van der Waals surface area contributed by atoms with E-state index in [1.165, 1.54) is 17.0 Å². The molecule has 1 atom stereocenters. The van der Waals surface area contributed by atoms with Crippen LogP contribution < -0.4 is 10.1 Å². The normalized spacial score (nSPS) is 16.7. The monoisotopic (exact) mass is 566 g/mol. The molecule has 0 spiro atoms. The molecule has 9 nitrogen and oxygen atoms in total. The molecule has 1 saturated carbocycles. The molecule has 10 heteroatoms. The Labute approximate surface area is 239 Å². The van der Waals surface area contributed by atoms with Crippen molar-refractivity contribution in [3.63, 3.8) is 0 Å². The van der Waals surface area contributed by atoms with Crippen molar-refractivity contribution in [2.24, 2.45) is 5.92 Å². The number of nitrogens with zero attached hydrogens (tertiary/aromatic N) is 3. The number of nitrogens with one attached hydrogen (secondary N) is 1. The van der Waals surface area contributed by atoms with Gasteiger partial charge in [0.2, 0.25) is 5.91 Å². The number of hydrogen-bond donors (Lipinski definition) is 2. The van der Waals surface area contributed by atoms with Gasteiger partial charge in [-0.15, -0.1) is 5.10 Å². The highest BCUT2D eigenvalue weighted by Gasteiger charge is 2.34. The minimum atomic E-state index is -1.40. The van der Waals surface area contributed by atoms with Crippen LogP contribution in [0.2, 0.25) is 0 Å². The van der Waals surface area contributed by atoms with Gasteiger partial charge in [0.15, 0.2) is 29.1 Å². The van der Waals surface area contributed by atoms with E-state index in [0.717, 1.165) is 43.2 Å². The fourth-order valence-corrected chi connectivity index (χ4v) is 6.10. The van der Waals surface area contributed by atoms with Crippen molar-refractivity contribution in [2.45, 2.75) is 97.7 Å². The summed E-state index contributed by atoms with van der Waals surface area (Å²) >= 11 is 0. The molecular weight excluding hydrogens is 527 g/mol. The molecule has 1 aliphatic heterocycles. The second kappa shape index (κ2) is 11.4. The number of amides is 1. The summed E-state index contributed by atoms with van der Waals surface area (Å²) < 4.78 is 28.7. The van der Waals surface area contributed by atoms with Gasteiger partial charge in [0.1, 0.15) is 0 Å². The molecule has 2 aliphatic rings. The number of hydrogen-bond acceptors (Lipinski definition) is 6. The van der Waals surface area contributed by atoms with Crippen molar-refractivity contribution >= 4 is 23.3 Å². The fraction of sp³-hybridized carbons (Fsp3) is 0.548. The number of aliphatic carboxylic acids is 1. The smallest absolute Gasteiger partial charge is 0.337 e. The topological polar surface area (TPSA) is 115 Å². The van der Waals surface area contributed by atoms with E-state index in [1.54, 1.807) is 33.8 Å². The van der Waals surface area contributed by atoms with Crippen LogP contribution >= 0.6 is 0 Å². The maximum atomic E-state index is 15.5. The van der Waals surface area contributed by atoms with E-state index < -0.39 is 23.5 Å². The molecule has 2 N–H and O–H groups in total. The van der Waals surface area contributed by atoms with Crippen LogP contribution in [0.4, 0.5) is 10.2 Å². The van der Waals surface area contributed by atoms with E-state index in [4.69, 9.17) is 9.47 Å². The summed E-state index contributed by atoms with van der Waals surface area (Å²) in [6.07, 6.45) is 6.00. The minimum absolute atomic E-state index is 0.119. The highest BCUT2D eigenvalue weighted by Crippen LogP contribution is 2.41. The molecule has 2 aromatic heterocycles. The number of halogens is 1. The van der Waals surface area contributed by atoms with E-state index in [0.29, 0.717) is 53.8 Å². The van der Waals surface area contributed by atoms with E-state index in [2.05, 4.69) is 15.4 Å². The lowest BCUT2D eigenvalue weighted by atomic mass is 9.87. The molecular formula is C31H39FN4O5. The van der Waals surface area contributed by atoms with Crippen LogP contribution in [0.3, 0.4) is 0 Å². The summed E-state index contributed by atoms with van der Waals surface area (Å²) in [6.45, 7) is 9.36. The Morgan fingerprint density at radius 1 is 1.20 bits per heavy atom. The van der Waals surface area contributed by atoms with Gasteiger partial charge in [0.05, 0.1) is 17.9 Å². The fourth-order valence-electron chi connectivity index (χ4n) is 6.10. The largest absolute Gasteiger partial charge is 0.490 e. The zero-order valence-corrected chi connectivity index (χ0v) is 24.5. The Morgan fingerprint density at radius 3 is 2.61 bits per heavy atom. The number of aryl methyl sites for hydroxylation is 1. The number of carboxylic acids is 1. The number of anilines is 1. The maximum Gasteiger partial charge on any atom is 0.337 e. The first kappa shape index (κ1) is 29.0. The van der Waals surface area contributed by atoms with Crippen molar-refractivity contribution < 1.29 is 28.6 Å². The number of fused-ring (bicyclic) bond motifs is 2. The lowest BCUT2D eigenvalue weighted by molar-refractivity contribution is -0.160. The standard InChI is InChI=1S/C31H39FN4O5/c1-17-20-12-9-13-40-28(20)22(32)15-21(17)27-26(29(30(38)39)41-31(3,4)5)18(2)33-24-16-23(35-36(24)27)34-25(37)14-19-10-7-6-8-11-19/h15-16,19,29H,6-14H2,1-5H3,(H,38,39)(H,34,35,37)/t29-/m0/s1. The van der Waals surface area contributed by atoms with Gasteiger partial charge in [0.25, 0.3) is 0 Å². The molecule has 1 aromatic carbocycles. The number of carbonyl (C=O) groups is 2. The molecule has 0 saturated heterocycles. The van der Waals surface area contributed by atoms with Crippen LogP contribution in [0.25, 0.3) is 16.9 Å². The summed E-state index contributed by atoms with van der Waals surface area (Å²) in [5.41, 5.74) is 2.66. The second-order valence-electron chi connectivity index (χ2n) is 12.3. The van der Waals surface area contributed by atoms with Crippen LogP contribution in [-0.2, 0) is 20.7 Å². The first-order valence-corrected chi connectivity index (χ1v) is 14.5. The van der Waals surface area contributed by atoms with Crippen LogP contribution in [0.5, 0.6) is 5.75 Å². The zero-order chi connectivity index (χ0) is 29.5. The van der Waals surface area contributed by atoms with Crippen molar-refractivity contribution in [1.29, 1.82) is 0 Å². The van der Waals surface area contributed by atoms with Crippen LogP contribution in [0.1, 0.15) is 94.2 Å². The summed E-state index contributed by atoms with van der Waals surface area (Å²) in [6, 6.07) is 3.03. The Bertz CT molecular complexity index is 1490. The molecule has 3 heterocycles. The highest BCUT2D eigenvalue weighted by atomic mass is 19.1. The molecule has 1 amide bonds. The summed E-state index contributed by atoms with van der Waals surface area (Å²) in [4.78, 5) is 30.2. The third-order valence-electron chi connectivity index (χ3n) is 7.95. The molecule has 0 unspecified atom stereocenters. The zero-order valence-electron chi connectivity index (χ0n) is 24.5. The number of rotatable bonds is 7. The SMILES string of the molecule is Cc1nc2cc(NC(=O)CC3CCCCC3)nn2c(-c2cc(F)c3c(c2C)CCCO3)c1[C@H](OC(C)(C)C)C(=O)O. The van der Waals surface area contributed by atoms with E-state index >= 15 is 4.39 Å². The van der Waals surface area contributed by atoms with Crippen molar-refractivity contribution in [1.82, 2.24) is 14.6 Å². The quantitative estimate of drug-likeness (QED) is 0.344. The molecule has 5 rings (SSSR count). The molecule has 0 bridgehead atoms. The molecule has 41 heavy (non-hydrogen) atoms. The number of aromatic nitrogens is 3. The van der Waals surface area contributed by atoms with Gasteiger partial charge in [-0.3, -0.25) is 4.79 Å². The Kier molecular flexibility index (Phi) is 8.05. The van der Waals surface area contributed by atoms with Gasteiger partial charge < -0.3 is 19.9 Å². The molecule has 1 fully saturated rings. The third-order valence-corrected chi connectivity index (χ3v) is 7.95. The third kappa shape index (κ3) is 6.07. The first-order chi connectivity index (χ1) is 19.4. The minimum Gasteiger partial charge on any atom is -0.490 e. The highest BCUT2D eigenvalue weighted by molar-refractivity contribution is 5.91. The average molecular weight is 567 g/mol. The summed E-state index contributed by atoms with van der Waals surface area (Å²) in [5, 5.41) is 17.9. The first-order valence-electron chi connectivity index (χ1n) is 14.5. The number of carboxylic acid groups (broad SMARTS) is 1. The lowest BCUT2D eigenvalue weighted by Crippen LogP contribution is -2.29. The predicted octanol–water partition coefficient (Wildman–Crippen LogP) is 6.33. The maximum absolute atomic E-state index is 15.5. The van der Waals surface area contributed by atoms with Crippen molar-refractivity contribution in [3.8, 4) is 17.0 Å². The van der Waals surface area contributed by atoms with Gasteiger partial charge in [-0.2, -0.15) is 0 Å². The van der Waals surface area contributed by atoms with Gasteiger partial charge in [-0.25, -0.2) is 18.7 Å². The van der Waals surface area contributed by atoms with Crippen LogP contribution in [0.15, 0.2) is 12.1 Å². The number of benzene rings is 1. The van der Waals surface area contributed by atoms with E-state index in [-0.39, 0.29) is 17.2 Å². The van der Waals surface area contributed by atoms with E-state index in [1.807, 2.05) is 6.92 Å². The van der Waals surface area contributed by atoms with Crippen molar-refractivity contribution in [2.75, 3.05) is 11.9 Å². The Morgan fingerprint density at radius 2 is 1.93 bits per heavy atom. The van der Waals surface area contributed by atoms with Crippen LogP contribution in [0, 0.1) is 25.6 Å². The predicted molar refractivity (Wildman–Crippen MR) is 153 cm³/mol. The Hall–Kier alpha value is -3.53. The van der Waals surface area contributed by atoms with E-state index in [9.17, 15) is 14.7 Å². The summed E-state index contributed by atoms with van der Waals surface area (Å²) in [7, 11) is 0. The van der Waals surface area contributed by atoms with Gasteiger partial charge >= 0.3 is 5.97 Å². The summed E-state index contributed by atoms with van der Waals surface area (Å²) in [5.74, 6) is -0.940. The Balaban J connectivity index is 1.67. The molecule has 0 radical (unpaired) electrons. The second-order valence-corrected chi connectivity index (χ2v) is 12.3. The van der Waals surface area contributed by atoms with Crippen LogP contribution in [-0.4, -0.2) is 43.8 Å². The lowest BCUT2D eigenvalue weighted by Gasteiger charge is -2.28. The number of carbonyl (C=O) groups excluding carboxylic acids is 1. The van der Waals surface area contributed by atoms with Gasteiger partial charge in [-0.05, 0) is 77.8 Å². The van der Waals surface area contributed by atoms with Gasteiger partial charge in [-0.1, -0.05) is 19.3 Å². The molecule has 1 aliphatic carbocycles.